The molecule has 1 aromatic rings. The smallest absolute Gasteiger partial charge is 0.124 e. The van der Waals surface area contributed by atoms with Crippen LogP contribution in [0.1, 0.15) is 24.4 Å². The second-order valence-corrected chi connectivity index (χ2v) is 6.50. The highest BCUT2D eigenvalue weighted by Crippen LogP contribution is 2.30. The summed E-state index contributed by atoms with van der Waals surface area (Å²) < 4.78 is 14.0. The molecule has 3 nitrogen and oxygen atoms in total. The molecule has 112 valence electrons. The van der Waals surface area contributed by atoms with Crippen LogP contribution in [0.2, 0.25) is 0 Å². The van der Waals surface area contributed by atoms with E-state index in [4.69, 9.17) is 5.73 Å². The third-order valence-corrected chi connectivity index (χ3v) is 4.90. The quantitative estimate of drug-likeness (QED) is 0.911. The predicted molar refractivity (Wildman–Crippen MR) is 84.2 cm³/mol. The zero-order valence-corrected chi connectivity index (χ0v) is 13.7. The van der Waals surface area contributed by atoms with E-state index in [9.17, 15) is 4.39 Å². The summed E-state index contributed by atoms with van der Waals surface area (Å²) in [5.74, 6) is -0.220. The number of hydrogen-bond acceptors (Lipinski definition) is 3. The van der Waals surface area contributed by atoms with Crippen molar-refractivity contribution in [2.24, 2.45) is 5.73 Å². The zero-order valence-electron chi connectivity index (χ0n) is 12.1. The van der Waals surface area contributed by atoms with Crippen LogP contribution in [0.4, 0.5) is 4.39 Å². The molecule has 0 amide bonds. The van der Waals surface area contributed by atoms with Crippen LogP contribution in [-0.4, -0.2) is 49.6 Å². The van der Waals surface area contributed by atoms with E-state index in [1.54, 1.807) is 0 Å². The fourth-order valence-electron chi connectivity index (χ4n) is 2.96. The van der Waals surface area contributed by atoms with Gasteiger partial charge in [-0.2, -0.15) is 0 Å². The van der Waals surface area contributed by atoms with Crippen LogP contribution in [-0.2, 0) is 0 Å². The minimum absolute atomic E-state index is 0.160. The molecule has 20 heavy (non-hydrogen) atoms. The lowest BCUT2D eigenvalue weighted by Gasteiger charge is -2.39. The second kappa shape index (κ2) is 6.98. The number of nitrogens with two attached hydrogens (primary N) is 1. The molecule has 1 aliphatic heterocycles. The lowest BCUT2D eigenvalue weighted by molar-refractivity contribution is 0.110. The van der Waals surface area contributed by atoms with Crippen LogP contribution in [0.15, 0.2) is 22.7 Å². The Hall–Kier alpha value is -0.490. The van der Waals surface area contributed by atoms with Gasteiger partial charge in [0.2, 0.25) is 0 Å². The molecule has 1 aromatic carbocycles. The number of rotatable bonds is 4. The van der Waals surface area contributed by atoms with E-state index in [2.05, 4.69) is 39.8 Å². The highest BCUT2D eigenvalue weighted by atomic mass is 79.9. The molecule has 2 N–H and O–H groups in total. The summed E-state index contributed by atoms with van der Waals surface area (Å²) in [4.78, 5) is 4.71. The molecule has 1 aliphatic rings. The number of hydrogen-bond donors (Lipinski definition) is 1. The van der Waals surface area contributed by atoms with Crippen molar-refractivity contribution in [3.63, 3.8) is 0 Å². The Labute approximate surface area is 129 Å². The van der Waals surface area contributed by atoms with Gasteiger partial charge in [0.1, 0.15) is 5.82 Å². The predicted octanol–water partition coefficient (Wildman–Crippen LogP) is 2.61. The van der Waals surface area contributed by atoms with Gasteiger partial charge in [0.15, 0.2) is 0 Å². The normalized spacial score (nSPS) is 19.5. The molecular weight excluding hydrogens is 321 g/mol. The maximum absolute atomic E-state index is 13.2. The summed E-state index contributed by atoms with van der Waals surface area (Å²) >= 11 is 3.46. The monoisotopic (exact) mass is 343 g/mol. The molecular formula is C15H23BrFN3. The molecule has 0 saturated carbocycles. The van der Waals surface area contributed by atoms with Crippen molar-refractivity contribution in [1.29, 1.82) is 0 Å². The van der Waals surface area contributed by atoms with E-state index in [0.717, 1.165) is 36.0 Å². The van der Waals surface area contributed by atoms with Crippen molar-refractivity contribution >= 4 is 15.9 Å². The number of likely N-dealkylation sites (tertiary alicyclic amines) is 1. The molecule has 1 unspecified atom stereocenters. The Kier molecular flexibility index (Phi) is 5.55. The zero-order chi connectivity index (χ0) is 14.7. The Bertz CT molecular complexity index is 445. The molecule has 1 atom stereocenters. The van der Waals surface area contributed by atoms with Crippen LogP contribution >= 0.6 is 15.9 Å². The average molecular weight is 344 g/mol. The van der Waals surface area contributed by atoms with E-state index in [1.807, 2.05) is 6.07 Å². The first kappa shape index (κ1) is 15.9. The fourth-order valence-corrected chi connectivity index (χ4v) is 3.57. The van der Waals surface area contributed by atoms with Gasteiger partial charge in [-0.05, 0) is 44.6 Å². The standard InChI is InChI=1S/C15H23BrFN3/c1-19(2)12-5-7-20(8-6-12)15(10-18)13-4-3-11(17)9-14(13)16/h3-4,9,12,15H,5-8,10,18H2,1-2H3. The molecule has 2 rings (SSSR count). The summed E-state index contributed by atoms with van der Waals surface area (Å²) in [6, 6.07) is 5.68. The largest absolute Gasteiger partial charge is 0.329 e. The van der Waals surface area contributed by atoms with Crippen LogP contribution < -0.4 is 5.73 Å². The summed E-state index contributed by atoms with van der Waals surface area (Å²) in [6.07, 6.45) is 2.31. The van der Waals surface area contributed by atoms with Crippen molar-refractivity contribution in [3.05, 3.63) is 34.1 Å². The van der Waals surface area contributed by atoms with Crippen LogP contribution in [0.25, 0.3) is 0 Å². The van der Waals surface area contributed by atoms with Crippen molar-refractivity contribution < 1.29 is 4.39 Å². The molecule has 0 spiro atoms. The third kappa shape index (κ3) is 3.58. The van der Waals surface area contributed by atoms with Gasteiger partial charge < -0.3 is 10.6 Å². The molecule has 1 saturated heterocycles. The maximum Gasteiger partial charge on any atom is 0.124 e. The first-order valence-electron chi connectivity index (χ1n) is 7.08. The van der Waals surface area contributed by atoms with Gasteiger partial charge in [-0.1, -0.05) is 22.0 Å². The maximum atomic E-state index is 13.2. The SMILES string of the molecule is CN(C)C1CCN(C(CN)c2ccc(F)cc2Br)CC1. The van der Waals surface area contributed by atoms with Crippen LogP contribution in [0.5, 0.6) is 0 Å². The lowest BCUT2D eigenvalue weighted by Crippen LogP contribution is -2.45. The molecule has 0 bridgehead atoms. The van der Waals surface area contributed by atoms with Crippen LogP contribution in [0.3, 0.4) is 0 Å². The van der Waals surface area contributed by atoms with E-state index >= 15 is 0 Å². The third-order valence-electron chi connectivity index (χ3n) is 4.21. The van der Waals surface area contributed by atoms with Gasteiger partial charge in [-0.15, -0.1) is 0 Å². The van der Waals surface area contributed by atoms with Crippen molar-refractivity contribution in [1.82, 2.24) is 9.80 Å². The Morgan fingerprint density at radius 1 is 1.40 bits per heavy atom. The number of halogens is 2. The molecule has 5 heteroatoms. The minimum atomic E-state index is -0.220. The van der Waals surface area contributed by atoms with Gasteiger partial charge in [-0.25, -0.2) is 4.39 Å². The highest BCUT2D eigenvalue weighted by Gasteiger charge is 2.27. The first-order valence-corrected chi connectivity index (χ1v) is 7.87. The van der Waals surface area contributed by atoms with E-state index in [1.165, 1.54) is 12.1 Å². The van der Waals surface area contributed by atoms with E-state index in [-0.39, 0.29) is 11.9 Å². The van der Waals surface area contributed by atoms with Crippen molar-refractivity contribution in [3.8, 4) is 0 Å². The molecule has 0 aromatic heterocycles. The van der Waals surface area contributed by atoms with Crippen molar-refractivity contribution in [2.75, 3.05) is 33.7 Å². The van der Waals surface area contributed by atoms with E-state index in [0.29, 0.717) is 12.6 Å². The summed E-state index contributed by atoms with van der Waals surface area (Å²) in [7, 11) is 4.27. The first-order chi connectivity index (χ1) is 9.52. The fraction of sp³-hybridized carbons (Fsp3) is 0.600. The summed E-state index contributed by atoms with van der Waals surface area (Å²) in [6.45, 7) is 2.62. The second-order valence-electron chi connectivity index (χ2n) is 5.65. The number of piperidine rings is 1. The molecule has 0 aliphatic carbocycles. The van der Waals surface area contributed by atoms with Gasteiger partial charge in [0, 0.05) is 36.2 Å². The Morgan fingerprint density at radius 3 is 2.55 bits per heavy atom. The molecule has 1 fully saturated rings. The van der Waals surface area contributed by atoms with E-state index < -0.39 is 0 Å². The Balaban J connectivity index is 2.09. The van der Waals surface area contributed by atoms with Gasteiger partial charge in [0.05, 0.1) is 0 Å². The average Bonchev–Trinajstić information content (AvgIpc) is 2.42. The lowest BCUT2D eigenvalue weighted by atomic mass is 9.98. The highest BCUT2D eigenvalue weighted by molar-refractivity contribution is 9.10. The van der Waals surface area contributed by atoms with Gasteiger partial charge >= 0.3 is 0 Å². The van der Waals surface area contributed by atoms with Crippen LogP contribution in [0, 0.1) is 5.82 Å². The summed E-state index contributed by atoms with van der Waals surface area (Å²) in [5, 5.41) is 0. The molecule has 0 radical (unpaired) electrons. The Morgan fingerprint density at radius 2 is 2.05 bits per heavy atom. The summed E-state index contributed by atoms with van der Waals surface area (Å²) in [5.41, 5.74) is 7.05. The van der Waals surface area contributed by atoms with Gasteiger partial charge in [-0.3, -0.25) is 4.90 Å². The van der Waals surface area contributed by atoms with Gasteiger partial charge in [0.25, 0.3) is 0 Å². The number of nitrogens with zero attached hydrogens (tertiary/aromatic N) is 2. The minimum Gasteiger partial charge on any atom is -0.329 e. The molecule has 1 heterocycles. The number of benzene rings is 1. The van der Waals surface area contributed by atoms with Crippen molar-refractivity contribution in [2.45, 2.75) is 24.9 Å². The topological polar surface area (TPSA) is 32.5 Å².